The molecule has 0 bridgehead atoms. The molecule has 1 nitrogen and oxygen atoms in total. The predicted molar refractivity (Wildman–Crippen MR) is 59.2 cm³/mol. The minimum absolute atomic E-state index is 0. The molecule has 68 valence electrons. The fraction of sp³-hybridized carbons (Fsp3) is 0.500. The van der Waals surface area contributed by atoms with Crippen molar-refractivity contribution in [3.8, 4) is 0 Å². The van der Waals surface area contributed by atoms with E-state index < -0.39 is 0 Å². The number of thiophene rings is 1. The standard InChI is InChI=1S/C8H10BrNS.ClH/c9-8-4-3-7(11-8)6-2-1-5-10-6;/h3-4,6,10H,1-2,5H2;1H/t6-;/m0./s1. The van der Waals surface area contributed by atoms with Crippen molar-refractivity contribution in [1.82, 2.24) is 5.32 Å². The Bertz CT molecular complexity index is 245. The fourth-order valence-corrected chi connectivity index (χ4v) is 2.98. The summed E-state index contributed by atoms with van der Waals surface area (Å²) in [5, 5.41) is 3.48. The van der Waals surface area contributed by atoms with Crippen molar-refractivity contribution in [2.24, 2.45) is 0 Å². The maximum Gasteiger partial charge on any atom is 0.0701 e. The SMILES string of the molecule is Brc1ccc([C@@H]2CCCN2)s1.Cl. The van der Waals surface area contributed by atoms with Gasteiger partial charge in [0.2, 0.25) is 0 Å². The van der Waals surface area contributed by atoms with Crippen molar-refractivity contribution >= 4 is 39.7 Å². The van der Waals surface area contributed by atoms with Crippen LogP contribution in [0, 0.1) is 0 Å². The van der Waals surface area contributed by atoms with Gasteiger partial charge in [-0.15, -0.1) is 23.7 Å². The van der Waals surface area contributed by atoms with Crippen LogP contribution in [-0.2, 0) is 0 Å². The lowest BCUT2D eigenvalue weighted by atomic mass is 10.2. The lowest BCUT2D eigenvalue weighted by molar-refractivity contribution is 0.660. The summed E-state index contributed by atoms with van der Waals surface area (Å²) in [7, 11) is 0. The van der Waals surface area contributed by atoms with Gasteiger partial charge in [-0.25, -0.2) is 0 Å². The molecule has 0 aromatic carbocycles. The van der Waals surface area contributed by atoms with E-state index >= 15 is 0 Å². The van der Waals surface area contributed by atoms with Crippen molar-refractivity contribution in [3.63, 3.8) is 0 Å². The summed E-state index contributed by atoms with van der Waals surface area (Å²) in [6.45, 7) is 1.18. The molecular formula is C8H11BrClNS. The van der Waals surface area contributed by atoms with Gasteiger partial charge >= 0.3 is 0 Å². The minimum Gasteiger partial charge on any atom is -0.309 e. The monoisotopic (exact) mass is 267 g/mol. The molecule has 0 saturated carbocycles. The average molecular weight is 269 g/mol. The van der Waals surface area contributed by atoms with Crippen molar-refractivity contribution < 1.29 is 0 Å². The Kier molecular flexibility index (Phi) is 4.03. The normalized spacial score (nSPS) is 22.2. The van der Waals surface area contributed by atoms with Crippen molar-refractivity contribution in [2.45, 2.75) is 18.9 Å². The van der Waals surface area contributed by atoms with Crippen LogP contribution in [0.1, 0.15) is 23.8 Å². The molecular weight excluding hydrogens is 258 g/mol. The molecule has 1 aliphatic rings. The zero-order chi connectivity index (χ0) is 7.68. The second-order valence-electron chi connectivity index (χ2n) is 2.79. The maximum atomic E-state index is 3.48. The molecule has 1 saturated heterocycles. The Hall–Kier alpha value is 0.430. The fourth-order valence-electron chi connectivity index (χ4n) is 1.44. The quantitative estimate of drug-likeness (QED) is 0.823. The third kappa shape index (κ3) is 2.22. The van der Waals surface area contributed by atoms with Gasteiger partial charge in [0.25, 0.3) is 0 Å². The van der Waals surface area contributed by atoms with Crippen LogP contribution in [-0.4, -0.2) is 6.54 Å². The first-order valence-electron chi connectivity index (χ1n) is 3.85. The summed E-state index contributed by atoms with van der Waals surface area (Å²) < 4.78 is 1.24. The Labute approximate surface area is 91.1 Å². The molecule has 2 rings (SSSR count). The highest BCUT2D eigenvalue weighted by atomic mass is 79.9. The first-order valence-corrected chi connectivity index (χ1v) is 5.46. The molecule has 1 aromatic rings. The highest BCUT2D eigenvalue weighted by molar-refractivity contribution is 9.11. The summed E-state index contributed by atoms with van der Waals surface area (Å²) in [4.78, 5) is 1.47. The van der Waals surface area contributed by atoms with Crippen LogP contribution < -0.4 is 5.32 Å². The second kappa shape index (κ2) is 4.61. The number of rotatable bonds is 1. The van der Waals surface area contributed by atoms with Crippen molar-refractivity contribution in [1.29, 1.82) is 0 Å². The summed E-state index contributed by atoms with van der Waals surface area (Å²) in [5.41, 5.74) is 0. The van der Waals surface area contributed by atoms with Gasteiger partial charge in [0.05, 0.1) is 3.79 Å². The molecule has 1 N–H and O–H groups in total. The van der Waals surface area contributed by atoms with E-state index in [4.69, 9.17) is 0 Å². The number of hydrogen-bond donors (Lipinski definition) is 1. The molecule has 1 aromatic heterocycles. The molecule has 0 amide bonds. The summed E-state index contributed by atoms with van der Waals surface area (Å²) in [5.74, 6) is 0. The van der Waals surface area contributed by atoms with E-state index in [0.717, 1.165) is 0 Å². The molecule has 1 fully saturated rings. The molecule has 0 radical (unpaired) electrons. The number of nitrogens with one attached hydrogen (secondary N) is 1. The van der Waals surface area contributed by atoms with E-state index in [-0.39, 0.29) is 12.4 Å². The maximum absolute atomic E-state index is 3.48. The van der Waals surface area contributed by atoms with Crippen LogP contribution in [0.5, 0.6) is 0 Å². The van der Waals surface area contributed by atoms with Crippen LogP contribution in [0.4, 0.5) is 0 Å². The van der Waals surface area contributed by atoms with E-state index in [1.54, 1.807) is 0 Å². The van der Waals surface area contributed by atoms with Gasteiger partial charge < -0.3 is 5.32 Å². The zero-order valence-electron chi connectivity index (χ0n) is 6.55. The highest BCUT2D eigenvalue weighted by Crippen LogP contribution is 2.31. The van der Waals surface area contributed by atoms with Gasteiger partial charge in [0.1, 0.15) is 0 Å². The highest BCUT2D eigenvalue weighted by Gasteiger charge is 2.16. The molecule has 1 atom stereocenters. The molecule has 0 aliphatic carbocycles. The first kappa shape index (κ1) is 10.5. The zero-order valence-corrected chi connectivity index (χ0v) is 9.77. The van der Waals surface area contributed by atoms with Gasteiger partial charge in [-0.2, -0.15) is 0 Å². The average Bonchev–Trinajstić information content (AvgIpc) is 2.55. The number of hydrogen-bond acceptors (Lipinski definition) is 2. The molecule has 0 spiro atoms. The topological polar surface area (TPSA) is 12.0 Å². The minimum atomic E-state index is 0. The molecule has 1 aliphatic heterocycles. The predicted octanol–water partition coefficient (Wildman–Crippen LogP) is 3.36. The van der Waals surface area contributed by atoms with Crippen LogP contribution in [0.3, 0.4) is 0 Å². The molecule has 2 heterocycles. The first-order chi connectivity index (χ1) is 5.36. The molecule has 0 unspecified atom stereocenters. The van der Waals surface area contributed by atoms with E-state index in [0.29, 0.717) is 6.04 Å². The van der Waals surface area contributed by atoms with Gasteiger partial charge in [0.15, 0.2) is 0 Å². The third-order valence-corrected chi connectivity index (χ3v) is 3.74. The van der Waals surface area contributed by atoms with Crippen LogP contribution in [0.15, 0.2) is 15.9 Å². The lowest BCUT2D eigenvalue weighted by Gasteiger charge is -2.05. The largest absolute Gasteiger partial charge is 0.309 e. The summed E-state index contributed by atoms with van der Waals surface area (Å²) in [6, 6.07) is 4.96. The Balaban J connectivity index is 0.000000720. The van der Waals surface area contributed by atoms with Gasteiger partial charge in [0, 0.05) is 10.9 Å². The van der Waals surface area contributed by atoms with Gasteiger partial charge in [-0.05, 0) is 47.4 Å². The Morgan fingerprint density at radius 2 is 2.33 bits per heavy atom. The van der Waals surface area contributed by atoms with Crippen LogP contribution in [0.25, 0.3) is 0 Å². The van der Waals surface area contributed by atoms with Gasteiger partial charge in [-0.3, -0.25) is 0 Å². The summed E-state index contributed by atoms with van der Waals surface area (Å²) in [6.07, 6.45) is 2.62. The van der Waals surface area contributed by atoms with E-state index in [1.807, 2.05) is 11.3 Å². The van der Waals surface area contributed by atoms with Gasteiger partial charge in [-0.1, -0.05) is 0 Å². The Morgan fingerprint density at radius 3 is 2.83 bits per heavy atom. The summed E-state index contributed by atoms with van der Waals surface area (Å²) >= 11 is 5.31. The lowest BCUT2D eigenvalue weighted by Crippen LogP contribution is -2.11. The van der Waals surface area contributed by atoms with E-state index in [2.05, 4.69) is 33.4 Å². The third-order valence-electron chi connectivity index (χ3n) is 2.00. The van der Waals surface area contributed by atoms with Crippen molar-refractivity contribution in [3.05, 3.63) is 20.8 Å². The molecule has 4 heteroatoms. The van der Waals surface area contributed by atoms with Crippen molar-refractivity contribution in [2.75, 3.05) is 6.54 Å². The number of halogens is 2. The molecule has 12 heavy (non-hydrogen) atoms. The van der Waals surface area contributed by atoms with E-state index in [9.17, 15) is 0 Å². The smallest absolute Gasteiger partial charge is 0.0701 e. The van der Waals surface area contributed by atoms with Crippen LogP contribution in [0.2, 0.25) is 0 Å². The Morgan fingerprint density at radius 1 is 1.50 bits per heavy atom. The van der Waals surface area contributed by atoms with Crippen LogP contribution >= 0.6 is 39.7 Å². The van der Waals surface area contributed by atoms with E-state index in [1.165, 1.54) is 28.0 Å². The second-order valence-corrected chi connectivity index (χ2v) is 5.29.